The average molecular weight is 357 g/mol. The van der Waals surface area contributed by atoms with E-state index in [1.165, 1.54) is 12.5 Å². The smallest absolute Gasteiger partial charge is 0.255 e. The van der Waals surface area contributed by atoms with Crippen molar-refractivity contribution >= 4 is 17.5 Å². The van der Waals surface area contributed by atoms with Gasteiger partial charge in [-0.15, -0.1) is 0 Å². The Bertz CT molecular complexity index is 752. The summed E-state index contributed by atoms with van der Waals surface area (Å²) in [4.78, 5) is 28.7. The number of carbonyl (C=O) groups is 2. The van der Waals surface area contributed by atoms with E-state index in [0.717, 1.165) is 11.4 Å². The van der Waals surface area contributed by atoms with E-state index in [4.69, 9.17) is 9.15 Å². The maximum Gasteiger partial charge on any atom is 0.255 e. The number of methoxy groups -OCH3 is 1. The molecule has 0 spiro atoms. The summed E-state index contributed by atoms with van der Waals surface area (Å²) in [5, 5.41) is 2.72. The van der Waals surface area contributed by atoms with Crippen LogP contribution in [0.5, 0.6) is 5.75 Å². The maximum atomic E-state index is 12.6. The number of nitrogens with zero attached hydrogens (tertiary/aromatic N) is 2. The van der Waals surface area contributed by atoms with Gasteiger partial charge in [0, 0.05) is 26.2 Å². The van der Waals surface area contributed by atoms with Crippen molar-refractivity contribution in [3.8, 4) is 5.75 Å². The van der Waals surface area contributed by atoms with Crippen LogP contribution in [-0.4, -0.2) is 56.0 Å². The highest BCUT2D eigenvalue weighted by Crippen LogP contribution is 2.28. The minimum absolute atomic E-state index is 0.0819. The number of nitrogens with one attached hydrogen (secondary N) is 1. The first-order chi connectivity index (χ1) is 12.6. The number of hydrogen-bond donors (Lipinski definition) is 1. The van der Waals surface area contributed by atoms with Gasteiger partial charge >= 0.3 is 0 Å². The number of ether oxygens (including phenoxy) is 1. The number of rotatable bonds is 5. The molecular formula is C19H23N3O4. The Balaban J connectivity index is 1.55. The number of piperazine rings is 1. The second kappa shape index (κ2) is 7.95. The van der Waals surface area contributed by atoms with Crippen LogP contribution in [0.3, 0.4) is 0 Å². The van der Waals surface area contributed by atoms with Crippen molar-refractivity contribution in [3.63, 3.8) is 0 Å². The second-order valence-electron chi connectivity index (χ2n) is 6.19. The second-order valence-corrected chi connectivity index (χ2v) is 6.19. The zero-order valence-electron chi connectivity index (χ0n) is 15.0. The van der Waals surface area contributed by atoms with Gasteiger partial charge < -0.3 is 24.3 Å². The van der Waals surface area contributed by atoms with Crippen LogP contribution in [-0.2, 0) is 4.79 Å². The van der Waals surface area contributed by atoms with E-state index in [1.54, 1.807) is 25.0 Å². The SMILES string of the molecule is COc1ccccc1N1CCN(C(=O)C(C)NC(=O)c2ccoc2)CC1. The number of hydrogen-bond acceptors (Lipinski definition) is 5. The number of carbonyl (C=O) groups excluding carboxylic acids is 2. The maximum absolute atomic E-state index is 12.6. The Kier molecular flexibility index (Phi) is 5.46. The van der Waals surface area contributed by atoms with Crippen LogP contribution in [0.15, 0.2) is 47.3 Å². The van der Waals surface area contributed by atoms with Crippen LogP contribution in [0.25, 0.3) is 0 Å². The lowest BCUT2D eigenvalue weighted by Crippen LogP contribution is -2.54. The Labute approximate surface area is 152 Å². The molecule has 0 saturated carbocycles. The first kappa shape index (κ1) is 17.8. The summed E-state index contributed by atoms with van der Waals surface area (Å²) >= 11 is 0. The lowest BCUT2D eigenvalue weighted by molar-refractivity contribution is -0.133. The van der Waals surface area contributed by atoms with Crippen LogP contribution < -0.4 is 15.0 Å². The predicted octanol–water partition coefficient (Wildman–Crippen LogP) is 1.76. The molecule has 138 valence electrons. The summed E-state index contributed by atoms with van der Waals surface area (Å²) in [6.07, 6.45) is 2.79. The lowest BCUT2D eigenvalue weighted by Gasteiger charge is -2.37. The quantitative estimate of drug-likeness (QED) is 0.882. The van der Waals surface area contributed by atoms with Crippen LogP contribution >= 0.6 is 0 Å². The molecule has 2 aromatic rings. The number of anilines is 1. The van der Waals surface area contributed by atoms with Crippen LogP contribution in [0, 0.1) is 0 Å². The first-order valence-electron chi connectivity index (χ1n) is 8.60. The van der Waals surface area contributed by atoms with Gasteiger partial charge in [-0.3, -0.25) is 9.59 Å². The lowest BCUT2D eigenvalue weighted by atomic mass is 10.2. The molecule has 1 aliphatic heterocycles. The highest BCUT2D eigenvalue weighted by molar-refractivity contribution is 5.97. The Morgan fingerprint density at radius 3 is 2.54 bits per heavy atom. The summed E-state index contributed by atoms with van der Waals surface area (Å²) in [5.74, 6) is 0.432. The third-order valence-corrected chi connectivity index (χ3v) is 4.52. The molecule has 7 nitrogen and oxygen atoms in total. The van der Waals surface area contributed by atoms with Crippen molar-refractivity contribution in [2.45, 2.75) is 13.0 Å². The Hall–Kier alpha value is -2.96. The summed E-state index contributed by atoms with van der Waals surface area (Å²) in [7, 11) is 1.66. The zero-order chi connectivity index (χ0) is 18.5. The molecule has 1 aliphatic rings. The van der Waals surface area contributed by atoms with Crippen molar-refractivity contribution in [2.75, 3.05) is 38.2 Å². The molecule has 7 heteroatoms. The number of amides is 2. The Morgan fingerprint density at radius 1 is 1.15 bits per heavy atom. The number of furan rings is 1. The van der Waals surface area contributed by atoms with Crippen LogP contribution in [0.4, 0.5) is 5.69 Å². The van der Waals surface area contributed by atoms with Gasteiger partial charge in [0.05, 0.1) is 24.6 Å². The number of para-hydroxylation sites is 2. The molecule has 0 radical (unpaired) electrons. The van der Waals surface area contributed by atoms with Crippen LogP contribution in [0.2, 0.25) is 0 Å². The molecule has 3 rings (SSSR count). The van der Waals surface area contributed by atoms with E-state index in [0.29, 0.717) is 31.7 Å². The van der Waals surface area contributed by atoms with Crippen molar-refractivity contribution in [1.82, 2.24) is 10.2 Å². The highest BCUT2D eigenvalue weighted by Gasteiger charge is 2.27. The van der Waals surface area contributed by atoms with Crippen LogP contribution in [0.1, 0.15) is 17.3 Å². The predicted molar refractivity (Wildman–Crippen MR) is 97.4 cm³/mol. The normalized spacial score (nSPS) is 15.5. The minimum Gasteiger partial charge on any atom is -0.495 e. The molecule has 0 bridgehead atoms. The van der Waals surface area contributed by atoms with E-state index in [9.17, 15) is 9.59 Å². The van der Waals surface area contributed by atoms with E-state index in [1.807, 2.05) is 24.3 Å². The minimum atomic E-state index is -0.588. The topological polar surface area (TPSA) is 75.0 Å². The molecule has 2 heterocycles. The summed E-state index contributed by atoms with van der Waals surface area (Å²) in [6.45, 7) is 4.33. The van der Waals surface area contributed by atoms with Gasteiger partial charge in [0.25, 0.3) is 5.91 Å². The molecule has 1 N–H and O–H groups in total. The van der Waals surface area contributed by atoms with Crippen molar-refractivity contribution in [2.24, 2.45) is 0 Å². The molecule has 1 aromatic carbocycles. The van der Waals surface area contributed by atoms with E-state index >= 15 is 0 Å². The van der Waals surface area contributed by atoms with Gasteiger partial charge in [-0.2, -0.15) is 0 Å². The fourth-order valence-electron chi connectivity index (χ4n) is 3.07. The number of benzene rings is 1. The molecule has 2 amide bonds. The largest absolute Gasteiger partial charge is 0.495 e. The molecule has 26 heavy (non-hydrogen) atoms. The van der Waals surface area contributed by atoms with Crippen molar-refractivity contribution in [3.05, 3.63) is 48.4 Å². The van der Waals surface area contributed by atoms with Gasteiger partial charge in [-0.25, -0.2) is 0 Å². The summed E-state index contributed by atoms with van der Waals surface area (Å²) < 4.78 is 10.3. The van der Waals surface area contributed by atoms with Gasteiger partial charge in [0.2, 0.25) is 5.91 Å². The molecular weight excluding hydrogens is 334 g/mol. The molecule has 1 unspecified atom stereocenters. The van der Waals surface area contributed by atoms with Gasteiger partial charge in [-0.05, 0) is 25.1 Å². The molecule has 1 atom stereocenters. The average Bonchev–Trinajstić information content (AvgIpc) is 3.22. The fraction of sp³-hybridized carbons (Fsp3) is 0.368. The first-order valence-corrected chi connectivity index (χ1v) is 8.60. The van der Waals surface area contributed by atoms with Gasteiger partial charge in [0.1, 0.15) is 18.1 Å². The zero-order valence-corrected chi connectivity index (χ0v) is 15.0. The molecule has 0 aliphatic carbocycles. The Morgan fingerprint density at radius 2 is 1.88 bits per heavy atom. The standard InChI is InChI=1S/C19H23N3O4/c1-14(20-18(23)15-7-12-26-13-15)19(24)22-10-8-21(9-11-22)16-5-3-4-6-17(16)25-2/h3-7,12-14H,8-11H2,1-2H3,(H,20,23). The van der Waals surface area contributed by atoms with E-state index in [2.05, 4.69) is 10.2 Å². The van der Waals surface area contributed by atoms with E-state index < -0.39 is 6.04 Å². The van der Waals surface area contributed by atoms with Crippen molar-refractivity contribution < 1.29 is 18.7 Å². The summed E-state index contributed by atoms with van der Waals surface area (Å²) in [5.41, 5.74) is 1.44. The summed E-state index contributed by atoms with van der Waals surface area (Å²) in [6, 6.07) is 8.84. The molecule has 1 saturated heterocycles. The van der Waals surface area contributed by atoms with Gasteiger partial charge in [-0.1, -0.05) is 12.1 Å². The van der Waals surface area contributed by atoms with Crippen molar-refractivity contribution in [1.29, 1.82) is 0 Å². The molecule has 1 fully saturated rings. The third kappa shape index (κ3) is 3.82. The van der Waals surface area contributed by atoms with E-state index in [-0.39, 0.29) is 11.8 Å². The fourth-order valence-corrected chi connectivity index (χ4v) is 3.07. The third-order valence-electron chi connectivity index (χ3n) is 4.52. The monoisotopic (exact) mass is 357 g/mol. The molecule has 1 aromatic heterocycles. The van der Waals surface area contributed by atoms with Gasteiger partial charge in [0.15, 0.2) is 0 Å². The highest BCUT2D eigenvalue weighted by atomic mass is 16.5.